The third kappa shape index (κ3) is 1.84. The quantitative estimate of drug-likeness (QED) is 0.880. The van der Waals surface area contributed by atoms with Crippen LogP contribution in [0.25, 0.3) is 0 Å². The summed E-state index contributed by atoms with van der Waals surface area (Å²) in [4.78, 5) is 2.38. The summed E-state index contributed by atoms with van der Waals surface area (Å²) >= 11 is 0. The molecule has 27 heavy (non-hydrogen) atoms. The van der Waals surface area contributed by atoms with E-state index in [-0.39, 0.29) is 18.9 Å². The summed E-state index contributed by atoms with van der Waals surface area (Å²) in [5.74, 6) is -1.31. The van der Waals surface area contributed by atoms with Crippen molar-refractivity contribution in [2.75, 3.05) is 20.2 Å². The predicted octanol–water partition coefficient (Wildman–Crippen LogP) is 2.89. The minimum Gasteiger partial charge on any atom is -0.493 e. The number of alkyl halides is 2. The Bertz CT molecular complexity index is 826. The molecule has 6 heteroatoms. The lowest BCUT2D eigenvalue weighted by Gasteiger charge is -2.64. The lowest BCUT2D eigenvalue weighted by Crippen LogP contribution is -2.78. The summed E-state index contributed by atoms with van der Waals surface area (Å²) in [5.41, 5.74) is -0.356. The molecule has 1 N–H and O–H groups in total. The highest BCUT2D eigenvalue weighted by molar-refractivity contribution is 5.63. The molecule has 146 valence electrons. The van der Waals surface area contributed by atoms with Crippen molar-refractivity contribution in [1.29, 1.82) is 0 Å². The van der Waals surface area contributed by atoms with Gasteiger partial charge >= 0.3 is 0 Å². The van der Waals surface area contributed by atoms with Gasteiger partial charge in [0.05, 0.1) is 18.1 Å². The first-order chi connectivity index (χ1) is 12.9. The summed E-state index contributed by atoms with van der Waals surface area (Å²) < 4.78 is 41.5. The first kappa shape index (κ1) is 16.5. The van der Waals surface area contributed by atoms with Crippen molar-refractivity contribution in [1.82, 2.24) is 4.90 Å². The molecule has 4 nitrogen and oxygen atoms in total. The lowest BCUT2D eigenvalue weighted by molar-refractivity contribution is -0.248. The van der Waals surface area contributed by atoms with Crippen LogP contribution in [0.4, 0.5) is 8.78 Å². The van der Waals surface area contributed by atoms with Gasteiger partial charge in [-0.25, -0.2) is 8.78 Å². The maximum absolute atomic E-state index is 15.1. The van der Waals surface area contributed by atoms with Gasteiger partial charge in [-0.1, -0.05) is 6.07 Å². The monoisotopic (exact) mass is 377 g/mol. The van der Waals surface area contributed by atoms with Crippen molar-refractivity contribution in [3.8, 4) is 11.5 Å². The fourth-order valence-electron chi connectivity index (χ4n) is 6.56. The maximum atomic E-state index is 15.1. The smallest absolute Gasteiger partial charge is 0.285 e. The van der Waals surface area contributed by atoms with Crippen LogP contribution in [-0.4, -0.2) is 53.9 Å². The zero-order chi connectivity index (χ0) is 18.6. The third-order valence-electron chi connectivity index (χ3n) is 7.94. The number of nitrogens with zero attached hydrogens (tertiary/aromatic N) is 1. The van der Waals surface area contributed by atoms with Crippen LogP contribution >= 0.6 is 0 Å². The molecule has 2 heterocycles. The van der Waals surface area contributed by atoms with Gasteiger partial charge in [0.2, 0.25) is 0 Å². The predicted molar refractivity (Wildman–Crippen MR) is 94.6 cm³/mol. The number of benzene rings is 1. The van der Waals surface area contributed by atoms with Crippen molar-refractivity contribution < 1.29 is 23.4 Å². The molecule has 1 saturated heterocycles. The number of rotatable bonds is 3. The van der Waals surface area contributed by atoms with Gasteiger partial charge in [-0.15, -0.1) is 0 Å². The maximum Gasteiger partial charge on any atom is 0.285 e. The van der Waals surface area contributed by atoms with Gasteiger partial charge in [0.1, 0.15) is 0 Å². The molecule has 5 aliphatic rings. The zero-order valence-electron chi connectivity index (χ0n) is 15.5. The Labute approximate surface area is 157 Å². The second-order valence-corrected chi connectivity index (χ2v) is 9.19. The van der Waals surface area contributed by atoms with Crippen LogP contribution in [0.5, 0.6) is 11.5 Å². The molecule has 4 atom stereocenters. The first-order valence-corrected chi connectivity index (χ1v) is 10.1. The molecule has 0 unspecified atom stereocenters. The summed E-state index contributed by atoms with van der Waals surface area (Å²) in [6.07, 6.45) is 2.19. The molecule has 0 amide bonds. The summed E-state index contributed by atoms with van der Waals surface area (Å²) in [6.45, 7) is 1.72. The second-order valence-electron chi connectivity index (χ2n) is 9.19. The molecule has 0 radical (unpaired) electrons. The molecular weight excluding hydrogens is 352 g/mol. The normalized spacial score (nSPS) is 41.0. The van der Waals surface area contributed by atoms with Gasteiger partial charge in [0.25, 0.3) is 5.92 Å². The van der Waals surface area contributed by atoms with Gasteiger partial charge in [-0.3, -0.25) is 4.90 Å². The summed E-state index contributed by atoms with van der Waals surface area (Å²) in [6, 6.07) is 3.71. The number of methoxy groups -OCH3 is 1. The average Bonchev–Trinajstić information content (AvgIpc) is 3.37. The highest BCUT2D eigenvalue weighted by atomic mass is 19.3. The molecule has 2 saturated carbocycles. The topological polar surface area (TPSA) is 41.9 Å². The molecular formula is C21H25F2NO3. The van der Waals surface area contributed by atoms with E-state index in [1.54, 1.807) is 0 Å². The number of aliphatic hydroxyl groups is 1. The fraction of sp³-hybridized carbons (Fsp3) is 0.714. The fourth-order valence-corrected chi connectivity index (χ4v) is 6.56. The molecule has 2 bridgehead atoms. The van der Waals surface area contributed by atoms with E-state index in [1.807, 2.05) is 12.1 Å². The van der Waals surface area contributed by atoms with Crippen LogP contribution < -0.4 is 9.47 Å². The van der Waals surface area contributed by atoms with Gasteiger partial charge in [-0.2, -0.15) is 0 Å². The highest BCUT2D eigenvalue weighted by Crippen LogP contribution is 2.68. The van der Waals surface area contributed by atoms with Gasteiger partial charge < -0.3 is 14.6 Å². The highest BCUT2D eigenvalue weighted by Gasteiger charge is 2.77. The van der Waals surface area contributed by atoms with Gasteiger partial charge in [-0.05, 0) is 56.2 Å². The van der Waals surface area contributed by atoms with Crippen molar-refractivity contribution in [2.45, 2.75) is 67.6 Å². The largest absolute Gasteiger partial charge is 0.493 e. The van der Waals surface area contributed by atoms with Crippen LogP contribution in [0.15, 0.2) is 12.1 Å². The van der Waals surface area contributed by atoms with E-state index in [1.165, 1.54) is 20.0 Å². The van der Waals surface area contributed by atoms with Crippen molar-refractivity contribution >= 4 is 0 Å². The number of halogens is 2. The number of ether oxygens (including phenoxy) is 2. The standard InChI is InChI=1S/C21H25F2NO3/c1-26-14-5-4-13-10-15-20(25)6-7-21(22,23)18-19(20,16(13)17(14)27-18)8-9-24(15)11-12-2-3-12/h4-5,12,15,18,25H,2-3,6-11H2,1H3/t15-,18-,19+,20-/m1/s1. The minimum atomic E-state index is -2.95. The van der Waals surface area contributed by atoms with Crippen molar-refractivity contribution in [3.63, 3.8) is 0 Å². The molecule has 2 aliphatic heterocycles. The summed E-state index contributed by atoms with van der Waals surface area (Å²) in [5, 5.41) is 12.0. The number of hydrogen-bond donors (Lipinski definition) is 1. The Morgan fingerprint density at radius 1 is 1.26 bits per heavy atom. The van der Waals surface area contributed by atoms with Crippen molar-refractivity contribution in [2.24, 2.45) is 5.92 Å². The third-order valence-corrected chi connectivity index (χ3v) is 7.94. The molecule has 3 fully saturated rings. The van der Waals surface area contributed by atoms with E-state index in [9.17, 15) is 5.11 Å². The Balaban J connectivity index is 1.57. The number of hydrogen-bond acceptors (Lipinski definition) is 4. The molecule has 0 aromatic heterocycles. The Morgan fingerprint density at radius 3 is 2.81 bits per heavy atom. The molecule has 1 spiro atoms. The lowest BCUT2D eigenvalue weighted by atomic mass is 9.48. The molecule has 1 aromatic rings. The van der Waals surface area contributed by atoms with Crippen molar-refractivity contribution in [3.05, 3.63) is 23.3 Å². The second kappa shape index (κ2) is 4.95. The van der Waals surface area contributed by atoms with Crippen LogP contribution in [0, 0.1) is 5.92 Å². The number of piperidine rings is 1. The van der Waals surface area contributed by atoms with Crippen LogP contribution in [0.1, 0.15) is 43.2 Å². The van der Waals surface area contributed by atoms with Gasteiger partial charge in [0, 0.05) is 24.6 Å². The average molecular weight is 377 g/mol. The van der Waals surface area contributed by atoms with E-state index in [2.05, 4.69) is 4.90 Å². The van der Waals surface area contributed by atoms with Crippen LogP contribution in [-0.2, 0) is 11.8 Å². The van der Waals surface area contributed by atoms with E-state index in [0.717, 1.165) is 24.2 Å². The SMILES string of the molecule is COc1ccc2c3c1O[C@H]1C(F)(F)CC[C@@]4(O)[C@@H](C2)N(CC2CC2)CC[C@]314. The van der Waals surface area contributed by atoms with Crippen LogP contribution in [0.3, 0.4) is 0 Å². The molecule has 3 aliphatic carbocycles. The van der Waals surface area contributed by atoms with Crippen LogP contribution in [0.2, 0.25) is 0 Å². The minimum absolute atomic E-state index is 0.110. The Morgan fingerprint density at radius 2 is 2.07 bits per heavy atom. The van der Waals surface area contributed by atoms with E-state index >= 15 is 8.78 Å². The van der Waals surface area contributed by atoms with Gasteiger partial charge in [0.15, 0.2) is 17.6 Å². The Kier molecular flexibility index (Phi) is 3.03. The summed E-state index contributed by atoms with van der Waals surface area (Å²) in [7, 11) is 1.54. The van der Waals surface area contributed by atoms with E-state index < -0.39 is 23.0 Å². The molecule has 6 rings (SSSR count). The van der Waals surface area contributed by atoms with E-state index in [4.69, 9.17) is 9.47 Å². The molecule has 1 aromatic carbocycles. The van der Waals surface area contributed by atoms with E-state index in [0.29, 0.717) is 30.3 Å². The first-order valence-electron chi connectivity index (χ1n) is 10.1. The Hall–Kier alpha value is -1.40. The zero-order valence-corrected chi connectivity index (χ0v) is 15.5. The number of likely N-dealkylation sites (tertiary alicyclic amines) is 1.